The average Bonchev–Trinajstić information content (AvgIpc) is 3.19. The minimum atomic E-state index is -3.80. The Kier molecular flexibility index (Phi) is 6.98. The molecular weight excluding hydrogens is 372 g/mol. The van der Waals surface area contributed by atoms with Gasteiger partial charge in [0.25, 0.3) is 5.91 Å². The second kappa shape index (κ2) is 9.01. The Labute approximate surface area is 158 Å². The van der Waals surface area contributed by atoms with E-state index in [1.54, 1.807) is 19.1 Å². The number of rotatable bonds is 8. The van der Waals surface area contributed by atoms with Crippen LogP contribution < -0.4 is 10.1 Å². The lowest BCUT2D eigenvalue weighted by Gasteiger charge is -2.19. The van der Waals surface area contributed by atoms with Gasteiger partial charge < -0.3 is 15.2 Å². The predicted molar refractivity (Wildman–Crippen MR) is 99.3 cm³/mol. The fourth-order valence-corrected chi connectivity index (χ4v) is 4.52. The molecule has 2 N–H and O–H groups in total. The molecule has 0 aromatic heterocycles. The van der Waals surface area contributed by atoms with Crippen LogP contribution >= 0.6 is 0 Å². The molecule has 1 aliphatic rings. The molecule has 0 radical (unpaired) electrons. The van der Waals surface area contributed by atoms with Gasteiger partial charge in [0.2, 0.25) is 10.0 Å². The van der Waals surface area contributed by atoms with E-state index in [0.29, 0.717) is 13.1 Å². The van der Waals surface area contributed by atoms with Gasteiger partial charge in [-0.15, -0.1) is 0 Å². The number of amides is 1. The van der Waals surface area contributed by atoms with E-state index >= 15 is 0 Å². The molecule has 1 atom stereocenters. The van der Waals surface area contributed by atoms with Crippen LogP contribution in [0.1, 0.15) is 36.5 Å². The molecule has 27 heavy (non-hydrogen) atoms. The van der Waals surface area contributed by atoms with Crippen LogP contribution in [0.3, 0.4) is 0 Å². The van der Waals surface area contributed by atoms with Crippen molar-refractivity contribution in [3.05, 3.63) is 35.9 Å². The van der Waals surface area contributed by atoms with E-state index < -0.39 is 27.9 Å². The Morgan fingerprint density at radius 2 is 2.00 bits per heavy atom. The molecule has 9 heteroatoms. The molecule has 1 aliphatic heterocycles. The number of ether oxygens (including phenoxy) is 1. The molecule has 1 fully saturated rings. The van der Waals surface area contributed by atoms with Crippen molar-refractivity contribution in [1.29, 1.82) is 0 Å². The van der Waals surface area contributed by atoms with Crippen LogP contribution in [0.5, 0.6) is 5.75 Å². The summed E-state index contributed by atoms with van der Waals surface area (Å²) in [5.41, 5.74) is 0.0558. The molecule has 0 saturated carbocycles. The van der Waals surface area contributed by atoms with Gasteiger partial charge in [0, 0.05) is 18.7 Å². The van der Waals surface area contributed by atoms with Gasteiger partial charge >= 0.3 is 5.97 Å². The summed E-state index contributed by atoms with van der Waals surface area (Å²) >= 11 is 0. The number of nitrogens with zero attached hydrogens (tertiary/aromatic N) is 1. The summed E-state index contributed by atoms with van der Waals surface area (Å²) in [5, 5.41) is 11.6. The zero-order chi connectivity index (χ0) is 20.0. The third-order valence-corrected chi connectivity index (χ3v) is 6.24. The lowest BCUT2D eigenvalue weighted by Crippen LogP contribution is -2.40. The van der Waals surface area contributed by atoms with Crippen molar-refractivity contribution < 1.29 is 27.9 Å². The third kappa shape index (κ3) is 4.86. The summed E-state index contributed by atoms with van der Waals surface area (Å²) in [7, 11) is -2.44. The minimum absolute atomic E-state index is 0.0558. The lowest BCUT2D eigenvalue weighted by atomic mass is 10.1. The van der Waals surface area contributed by atoms with Crippen LogP contribution in [0.25, 0.3) is 0 Å². The summed E-state index contributed by atoms with van der Waals surface area (Å²) in [6, 6.07) is 2.94. The fraction of sp³-hybridized carbons (Fsp3) is 0.444. The van der Waals surface area contributed by atoms with Crippen LogP contribution in [0.2, 0.25) is 0 Å². The quantitative estimate of drug-likeness (QED) is 0.646. The number of nitrogens with one attached hydrogen (secondary N) is 1. The standard InChI is InChI=1S/C18H24N2O6S/c1-3-4-7-14(18(22)23)19-17(21)13-8-9-15(26-2)16(12-13)27(24,25)20-10-5-6-11-20/h3-4,8-9,12,14H,5-7,10-11H2,1-2H3,(H,19,21)(H,22,23)/b4-3+. The highest BCUT2D eigenvalue weighted by atomic mass is 32.2. The maximum Gasteiger partial charge on any atom is 0.326 e. The van der Waals surface area contributed by atoms with Crippen LogP contribution in [0.4, 0.5) is 0 Å². The Bertz CT molecular complexity index is 828. The highest BCUT2D eigenvalue weighted by molar-refractivity contribution is 7.89. The first-order valence-electron chi connectivity index (χ1n) is 8.64. The molecule has 1 heterocycles. The average molecular weight is 396 g/mol. The normalized spacial score (nSPS) is 16.4. The van der Waals surface area contributed by atoms with Crippen LogP contribution in [0.15, 0.2) is 35.2 Å². The maximum absolute atomic E-state index is 12.9. The second-order valence-electron chi connectivity index (χ2n) is 6.15. The molecule has 1 aromatic carbocycles. The largest absolute Gasteiger partial charge is 0.495 e. The number of benzene rings is 1. The fourth-order valence-electron chi connectivity index (χ4n) is 2.82. The van der Waals surface area contributed by atoms with E-state index in [-0.39, 0.29) is 22.6 Å². The number of methoxy groups -OCH3 is 1. The Hall–Kier alpha value is -2.39. The van der Waals surface area contributed by atoms with Gasteiger partial charge in [0.1, 0.15) is 16.7 Å². The molecule has 0 aliphatic carbocycles. The lowest BCUT2D eigenvalue weighted by molar-refractivity contribution is -0.139. The van der Waals surface area contributed by atoms with Gasteiger partial charge in [-0.3, -0.25) is 4.79 Å². The highest BCUT2D eigenvalue weighted by Gasteiger charge is 2.31. The molecule has 8 nitrogen and oxygen atoms in total. The van der Waals surface area contributed by atoms with Crippen molar-refractivity contribution in [3.63, 3.8) is 0 Å². The number of hydrogen-bond acceptors (Lipinski definition) is 5. The van der Waals surface area contributed by atoms with E-state index in [1.165, 1.54) is 29.6 Å². The molecule has 0 bridgehead atoms. The van der Waals surface area contributed by atoms with Crippen molar-refractivity contribution in [2.45, 2.75) is 37.1 Å². The second-order valence-corrected chi connectivity index (χ2v) is 8.05. The summed E-state index contributed by atoms with van der Waals surface area (Å²) in [6.07, 6.45) is 5.03. The van der Waals surface area contributed by atoms with Crippen LogP contribution in [-0.4, -0.2) is 55.9 Å². The molecule has 1 amide bonds. The summed E-state index contributed by atoms with van der Waals surface area (Å²) < 4.78 is 32.3. The number of allylic oxidation sites excluding steroid dienone is 1. The SMILES string of the molecule is C/C=C/CC(NC(=O)c1ccc(OC)c(S(=O)(=O)N2CCCC2)c1)C(=O)O. The zero-order valence-corrected chi connectivity index (χ0v) is 16.2. The molecule has 0 spiro atoms. The maximum atomic E-state index is 12.9. The minimum Gasteiger partial charge on any atom is -0.495 e. The van der Waals surface area contributed by atoms with Crippen molar-refractivity contribution in [2.75, 3.05) is 20.2 Å². The summed E-state index contributed by atoms with van der Waals surface area (Å²) in [5.74, 6) is -1.69. The van der Waals surface area contributed by atoms with Gasteiger partial charge in [-0.05, 0) is 44.4 Å². The number of sulfonamides is 1. The summed E-state index contributed by atoms with van der Waals surface area (Å²) in [4.78, 5) is 23.7. The van der Waals surface area contributed by atoms with Crippen LogP contribution in [-0.2, 0) is 14.8 Å². The Morgan fingerprint density at radius 1 is 1.33 bits per heavy atom. The molecule has 1 aromatic rings. The smallest absolute Gasteiger partial charge is 0.326 e. The van der Waals surface area contributed by atoms with E-state index in [4.69, 9.17) is 4.74 Å². The molecule has 1 unspecified atom stereocenters. The topological polar surface area (TPSA) is 113 Å². The first kappa shape index (κ1) is 20.9. The van der Waals surface area contributed by atoms with Gasteiger partial charge in [-0.25, -0.2) is 13.2 Å². The first-order valence-corrected chi connectivity index (χ1v) is 10.1. The van der Waals surface area contributed by atoms with Gasteiger partial charge in [-0.1, -0.05) is 12.2 Å². The van der Waals surface area contributed by atoms with Gasteiger partial charge in [0.15, 0.2) is 0 Å². The number of aliphatic carboxylic acids is 1. The number of carboxylic acid groups (broad SMARTS) is 1. The number of carbonyl (C=O) groups excluding carboxylic acids is 1. The Morgan fingerprint density at radius 3 is 2.56 bits per heavy atom. The van der Waals surface area contributed by atoms with E-state index in [9.17, 15) is 23.1 Å². The number of carboxylic acids is 1. The molecule has 1 saturated heterocycles. The Balaban J connectivity index is 2.33. The van der Waals surface area contributed by atoms with Gasteiger partial charge in [0.05, 0.1) is 7.11 Å². The predicted octanol–water partition coefficient (Wildman–Crippen LogP) is 1.63. The van der Waals surface area contributed by atoms with Crippen molar-refractivity contribution in [3.8, 4) is 5.75 Å². The van der Waals surface area contributed by atoms with Crippen molar-refractivity contribution in [1.82, 2.24) is 9.62 Å². The monoisotopic (exact) mass is 396 g/mol. The van der Waals surface area contributed by atoms with Crippen molar-refractivity contribution in [2.24, 2.45) is 0 Å². The number of carbonyl (C=O) groups is 2. The van der Waals surface area contributed by atoms with E-state index in [2.05, 4.69) is 5.32 Å². The van der Waals surface area contributed by atoms with Crippen LogP contribution in [0, 0.1) is 0 Å². The van der Waals surface area contributed by atoms with E-state index in [0.717, 1.165) is 12.8 Å². The first-order chi connectivity index (χ1) is 12.8. The third-order valence-electron chi connectivity index (χ3n) is 4.32. The van der Waals surface area contributed by atoms with Crippen molar-refractivity contribution >= 4 is 21.9 Å². The van der Waals surface area contributed by atoms with E-state index in [1.807, 2.05) is 0 Å². The number of hydrogen-bond donors (Lipinski definition) is 2. The molecular formula is C18H24N2O6S. The van der Waals surface area contributed by atoms with Gasteiger partial charge in [-0.2, -0.15) is 4.31 Å². The zero-order valence-electron chi connectivity index (χ0n) is 15.3. The molecule has 2 rings (SSSR count). The molecule has 148 valence electrons. The summed E-state index contributed by atoms with van der Waals surface area (Å²) in [6.45, 7) is 2.60. The highest BCUT2D eigenvalue weighted by Crippen LogP contribution is 2.29.